The highest BCUT2D eigenvalue weighted by Crippen LogP contribution is 2.42. The van der Waals surface area contributed by atoms with Gasteiger partial charge in [0.15, 0.2) is 5.76 Å². The summed E-state index contributed by atoms with van der Waals surface area (Å²) in [6, 6.07) is 0. The zero-order valence-electron chi connectivity index (χ0n) is 24.8. The fourth-order valence-electron chi connectivity index (χ4n) is 5.22. The predicted octanol–water partition coefficient (Wildman–Crippen LogP) is 10.6. The zero-order valence-corrected chi connectivity index (χ0v) is 24.8. The van der Waals surface area contributed by atoms with Crippen molar-refractivity contribution in [2.45, 2.75) is 157 Å². The molecule has 0 bridgehead atoms. The monoisotopic (exact) mass is 515 g/mol. The topological polar surface area (TPSA) is 69.9 Å². The summed E-state index contributed by atoms with van der Waals surface area (Å²) in [6.07, 6.45) is 24.9. The van der Waals surface area contributed by atoms with E-state index in [2.05, 4.69) is 40.7 Å². The van der Waals surface area contributed by atoms with E-state index in [1.54, 1.807) is 6.08 Å². The minimum Gasteiger partial charge on any atom is -0.503 e. The van der Waals surface area contributed by atoms with Crippen LogP contribution in [0.5, 0.6) is 0 Å². The Morgan fingerprint density at radius 3 is 1.81 bits per heavy atom. The summed E-state index contributed by atoms with van der Waals surface area (Å²) in [6.45, 7) is 11.1. The van der Waals surface area contributed by atoms with Crippen LogP contribution in [0.2, 0.25) is 0 Å². The minimum atomic E-state index is -0.571. The molecular formula is C33H57NO3. The summed E-state index contributed by atoms with van der Waals surface area (Å²) in [5.41, 5.74) is 1.94. The van der Waals surface area contributed by atoms with Gasteiger partial charge in [0.1, 0.15) is 5.71 Å². The Morgan fingerprint density at radius 1 is 0.757 bits per heavy atom. The molecule has 0 radical (unpaired) electrons. The highest BCUT2D eigenvalue weighted by atomic mass is 16.3. The van der Waals surface area contributed by atoms with Gasteiger partial charge in [0, 0.05) is 5.70 Å². The molecule has 0 aromatic rings. The van der Waals surface area contributed by atoms with E-state index >= 15 is 0 Å². The molecule has 4 heteroatoms. The van der Waals surface area contributed by atoms with Crippen LogP contribution in [-0.4, -0.2) is 21.7 Å². The standard InChI is InChI=1S/C33H57NO3/c1-6-10-14-18-22-27(23-19-15-11-7-2)34-30-28(26-29(35)31(36)32(30)37)33(5,24-20-16-12-8-3)25-21-17-13-9-4/h22,26,36-37H,6-21,23-25H2,1-5H3/b27-22-,34-30?. The second-order valence-electron chi connectivity index (χ2n) is 11.3. The van der Waals surface area contributed by atoms with Crippen LogP contribution in [0.4, 0.5) is 0 Å². The summed E-state index contributed by atoms with van der Waals surface area (Å²) >= 11 is 0. The fraction of sp³-hybridized carbons (Fsp3) is 0.758. The van der Waals surface area contributed by atoms with Crippen molar-refractivity contribution in [3.63, 3.8) is 0 Å². The highest BCUT2D eigenvalue weighted by Gasteiger charge is 2.37. The maximum atomic E-state index is 12.7. The van der Waals surface area contributed by atoms with Gasteiger partial charge >= 0.3 is 0 Å². The molecule has 0 atom stereocenters. The minimum absolute atomic E-state index is 0.264. The lowest BCUT2D eigenvalue weighted by atomic mass is 9.70. The Bertz CT molecular complexity index is 775. The molecule has 4 nitrogen and oxygen atoms in total. The van der Waals surface area contributed by atoms with E-state index in [1.807, 2.05) is 0 Å². The lowest BCUT2D eigenvalue weighted by Crippen LogP contribution is -2.31. The Kier molecular flexibility index (Phi) is 17.3. The van der Waals surface area contributed by atoms with Gasteiger partial charge in [-0.05, 0) is 55.6 Å². The van der Waals surface area contributed by atoms with Crippen LogP contribution in [0.3, 0.4) is 0 Å². The second kappa shape index (κ2) is 19.3. The van der Waals surface area contributed by atoms with Crippen LogP contribution in [0.25, 0.3) is 0 Å². The highest BCUT2D eigenvalue weighted by molar-refractivity contribution is 6.23. The van der Waals surface area contributed by atoms with Gasteiger partial charge in [0.25, 0.3) is 0 Å². The number of hydrogen-bond donors (Lipinski definition) is 2. The van der Waals surface area contributed by atoms with E-state index < -0.39 is 11.5 Å². The molecule has 0 saturated carbocycles. The van der Waals surface area contributed by atoms with Crippen molar-refractivity contribution < 1.29 is 15.0 Å². The van der Waals surface area contributed by atoms with Gasteiger partial charge in [-0.3, -0.25) is 4.79 Å². The number of aliphatic hydroxyl groups excluding tert-OH is 2. The molecule has 0 saturated heterocycles. The molecular weight excluding hydrogens is 458 g/mol. The Hall–Kier alpha value is -1.84. The first kappa shape index (κ1) is 33.2. The normalized spacial score (nSPS) is 16.1. The second-order valence-corrected chi connectivity index (χ2v) is 11.3. The lowest BCUT2D eigenvalue weighted by Gasteiger charge is -2.35. The van der Waals surface area contributed by atoms with Gasteiger partial charge in [-0.1, -0.05) is 124 Å². The number of ketones is 1. The first-order chi connectivity index (χ1) is 17.8. The molecule has 212 valence electrons. The molecule has 0 heterocycles. The molecule has 1 aliphatic carbocycles. The average Bonchev–Trinajstić information content (AvgIpc) is 2.89. The number of carbonyl (C=O) groups is 1. The van der Waals surface area contributed by atoms with Crippen LogP contribution in [-0.2, 0) is 4.79 Å². The average molecular weight is 516 g/mol. The van der Waals surface area contributed by atoms with Gasteiger partial charge in [-0.2, -0.15) is 0 Å². The number of rotatable bonds is 21. The number of hydrogen-bond acceptors (Lipinski definition) is 4. The molecule has 0 aromatic carbocycles. The van der Waals surface area contributed by atoms with Crippen molar-refractivity contribution in [2.75, 3.05) is 0 Å². The number of nitrogens with zero attached hydrogens (tertiary/aromatic N) is 1. The molecule has 1 rings (SSSR count). The SMILES string of the molecule is CCCCC/C=C(/CCCCCC)N=C1C(C(C)(CCCCCC)CCCCCC)=CC(=O)C(O)=C1O. The van der Waals surface area contributed by atoms with Crippen molar-refractivity contribution >= 4 is 11.5 Å². The number of aliphatic imine (C=N–C) groups is 1. The predicted molar refractivity (Wildman–Crippen MR) is 159 cm³/mol. The van der Waals surface area contributed by atoms with Crippen molar-refractivity contribution in [3.05, 3.63) is 34.9 Å². The summed E-state index contributed by atoms with van der Waals surface area (Å²) in [4.78, 5) is 17.7. The van der Waals surface area contributed by atoms with Crippen molar-refractivity contribution in [1.29, 1.82) is 0 Å². The van der Waals surface area contributed by atoms with Crippen LogP contribution >= 0.6 is 0 Å². The summed E-state index contributed by atoms with van der Waals surface area (Å²) < 4.78 is 0. The maximum Gasteiger partial charge on any atom is 0.224 e. The van der Waals surface area contributed by atoms with Crippen LogP contribution in [0, 0.1) is 5.41 Å². The van der Waals surface area contributed by atoms with Gasteiger partial charge in [-0.25, -0.2) is 4.99 Å². The van der Waals surface area contributed by atoms with Gasteiger partial charge < -0.3 is 10.2 Å². The van der Waals surface area contributed by atoms with Gasteiger partial charge in [0.2, 0.25) is 11.5 Å². The molecule has 0 amide bonds. The summed E-state index contributed by atoms with van der Waals surface area (Å²) in [5, 5.41) is 21.5. The zero-order chi connectivity index (χ0) is 27.5. The Morgan fingerprint density at radius 2 is 1.27 bits per heavy atom. The smallest absolute Gasteiger partial charge is 0.224 e. The van der Waals surface area contributed by atoms with Crippen LogP contribution < -0.4 is 0 Å². The van der Waals surface area contributed by atoms with Crippen LogP contribution in [0.1, 0.15) is 157 Å². The number of carbonyl (C=O) groups excluding carboxylic acids is 1. The third-order valence-corrected chi connectivity index (χ3v) is 7.76. The molecule has 0 spiro atoms. The quantitative estimate of drug-likeness (QED) is 0.118. The molecule has 2 N–H and O–H groups in total. The maximum absolute atomic E-state index is 12.7. The van der Waals surface area contributed by atoms with E-state index in [0.29, 0.717) is 5.71 Å². The lowest BCUT2D eigenvalue weighted by molar-refractivity contribution is -0.114. The molecule has 0 unspecified atom stereocenters. The van der Waals surface area contributed by atoms with Gasteiger partial charge in [0.05, 0.1) is 0 Å². The largest absolute Gasteiger partial charge is 0.503 e. The van der Waals surface area contributed by atoms with E-state index in [1.165, 1.54) is 64.2 Å². The number of unbranched alkanes of at least 4 members (excludes halogenated alkanes) is 12. The number of allylic oxidation sites excluding steroid dienone is 4. The molecule has 37 heavy (non-hydrogen) atoms. The molecule has 0 fully saturated rings. The van der Waals surface area contributed by atoms with E-state index in [4.69, 9.17) is 4.99 Å². The van der Waals surface area contributed by atoms with Crippen molar-refractivity contribution in [1.82, 2.24) is 0 Å². The summed E-state index contributed by atoms with van der Waals surface area (Å²) in [7, 11) is 0. The van der Waals surface area contributed by atoms with E-state index in [-0.39, 0.29) is 11.2 Å². The number of aliphatic hydroxyl groups is 2. The van der Waals surface area contributed by atoms with E-state index in [9.17, 15) is 15.0 Å². The Labute approximate surface area is 228 Å². The Balaban J connectivity index is 3.39. The molecule has 1 aliphatic rings. The molecule has 0 aliphatic heterocycles. The van der Waals surface area contributed by atoms with Crippen LogP contribution in [0.15, 0.2) is 39.9 Å². The first-order valence-corrected chi connectivity index (χ1v) is 15.5. The third-order valence-electron chi connectivity index (χ3n) is 7.76. The summed E-state index contributed by atoms with van der Waals surface area (Å²) in [5.74, 6) is -1.42. The van der Waals surface area contributed by atoms with Gasteiger partial charge in [-0.15, -0.1) is 0 Å². The first-order valence-electron chi connectivity index (χ1n) is 15.5. The fourth-order valence-corrected chi connectivity index (χ4v) is 5.22. The van der Waals surface area contributed by atoms with E-state index in [0.717, 1.165) is 69.1 Å². The third kappa shape index (κ3) is 12.0. The van der Waals surface area contributed by atoms with Crippen molar-refractivity contribution in [3.8, 4) is 0 Å². The van der Waals surface area contributed by atoms with Crippen molar-refractivity contribution in [2.24, 2.45) is 10.4 Å². The molecule has 0 aromatic heterocycles.